The number of nitrogens with one attached hydrogen (secondary N) is 1. The van der Waals surface area contributed by atoms with Crippen LogP contribution in [0.15, 0.2) is 36.4 Å². The monoisotopic (exact) mass is 414 g/mol. The predicted molar refractivity (Wildman–Crippen MR) is 114 cm³/mol. The number of unbranched alkanes of at least 4 members (excludes halogenated alkanes) is 4. The molecule has 2 aromatic rings. The molecule has 154 valence electrons. The Kier molecular flexibility index (Phi) is 6.65. The molecule has 0 aromatic heterocycles. The number of hydrogen-bond donors (Lipinski definition) is 1. The minimum atomic E-state index is -3.37. The van der Waals surface area contributed by atoms with Crippen molar-refractivity contribution in [2.24, 2.45) is 0 Å². The number of anilines is 1. The van der Waals surface area contributed by atoms with E-state index in [2.05, 4.69) is 10.8 Å². The summed E-state index contributed by atoms with van der Waals surface area (Å²) >= 11 is 0. The Hall–Kier alpha value is -2.72. The third kappa shape index (κ3) is 5.21. The lowest BCUT2D eigenvalue weighted by Gasteiger charge is -2.30. The Labute approximate surface area is 172 Å². The van der Waals surface area contributed by atoms with Crippen molar-refractivity contribution in [2.75, 3.05) is 18.1 Å². The lowest BCUT2D eigenvalue weighted by atomic mass is 9.89. The SMILES string of the molecule is COc1cccc2c1-c1ccc(NS(C)(=O)=O)cc1C(CCCCCCC#N)O2. The zero-order valence-electron chi connectivity index (χ0n) is 16.8. The van der Waals surface area contributed by atoms with Crippen molar-refractivity contribution in [3.8, 4) is 28.7 Å². The lowest BCUT2D eigenvalue weighted by Crippen LogP contribution is -2.16. The van der Waals surface area contributed by atoms with Gasteiger partial charge in [-0.3, -0.25) is 4.72 Å². The summed E-state index contributed by atoms with van der Waals surface area (Å²) in [7, 11) is -1.74. The molecule has 0 amide bonds. The van der Waals surface area contributed by atoms with E-state index in [1.165, 1.54) is 0 Å². The molecule has 7 heteroatoms. The molecule has 0 saturated heterocycles. The molecule has 0 spiro atoms. The van der Waals surface area contributed by atoms with Gasteiger partial charge < -0.3 is 9.47 Å². The fourth-order valence-electron chi connectivity index (χ4n) is 3.70. The Morgan fingerprint density at radius 2 is 1.97 bits per heavy atom. The lowest BCUT2D eigenvalue weighted by molar-refractivity contribution is 0.186. The molecular formula is C22H26N2O4S. The van der Waals surface area contributed by atoms with E-state index in [1.54, 1.807) is 13.2 Å². The maximum atomic E-state index is 11.7. The van der Waals surface area contributed by atoms with Gasteiger partial charge in [-0.2, -0.15) is 5.26 Å². The highest BCUT2D eigenvalue weighted by atomic mass is 32.2. The highest BCUT2D eigenvalue weighted by Gasteiger charge is 2.28. The van der Waals surface area contributed by atoms with E-state index in [9.17, 15) is 8.42 Å². The van der Waals surface area contributed by atoms with E-state index in [4.69, 9.17) is 14.7 Å². The van der Waals surface area contributed by atoms with E-state index < -0.39 is 10.0 Å². The van der Waals surface area contributed by atoms with Crippen molar-refractivity contribution in [1.29, 1.82) is 5.26 Å². The maximum Gasteiger partial charge on any atom is 0.229 e. The molecule has 0 radical (unpaired) electrons. The smallest absolute Gasteiger partial charge is 0.229 e. The van der Waals surface area contributed by atoms with Crippen LogP contribution in [0.4, 0.5) is 5.69 Å². The highest BCUT2D eigenvalue weighted by molar-refractivity contribution is 7.92. The molecule has 3 rings (SSSR count). The molecule has 29 heavy (non-hydrogen) atoms. The van der Waals surface area contributed by atoms with Crippen LogP contribution in [0, 0.1) is 11.3 Å². The quantitative estimate of drug-likeness (QED) is 0.581. The fraction of sp³-hybridized carbons (Fsp3) is 0.409. The van der Waals surface area contributed by atoms with Crippen molar-refractivity contribution in [1.82, 2.24) is 0 Å². The standard InChI is InChI=1S/C22H26N2O4S/c1-27-20-10-8-11-21-22(20)17-13-12-16(24-29(2,25)26)15-18(17)19(28-21)9-6-4-3-5-7-14-23/h8,10-13,15,19,24H,3-7,9H2,1-2H3. The van der Waals surface area contributed by atoms with E-state index in [-0.39, 0.29) is 6.10 Å². The molecule has 1 atom stereocenters. The zero-order chi connectivity index (χ0) is 20.9. The summed E-state index contributed by atoms with van der Waals surface area (Å²) in [5.74, 6) is 1.50. The molecule has 0 saturated carbocycles. The van der Waals surface area contributed by atoms with Gasteiger partial charge in [0.1, 0.15) is 17.6 Å². The van der Waals surface area contributed by atoms with Crippen LogP contribution in [0.2, 0.25) is 0 Å². The number of sulfonamides is 1. The van der Waals surface area contributed by atoms with Crippen molar-refractivity contribution in [2.45, 2.75) is 44.6 Å². The second-order valence-corrected chi connectivity index (χ2v) is 8.98. The van der Waals surface area contributed by atoms with Crippen LogP contribution >= 0.6 is 0 Å². The summed E-state index contributed by atoms with van der Waals surface area (Å²) in [6.07, 6.45) is 6.33. The van der Waals surface area contributed by atoms with Crippen molar-refractivity contribution >= 4 is 15.7 Å². The highest BCUT2D eigenvalue weighted by Crippen LogP contribution is 2.48. The number of hydrogen-bond acceptors (Lipinski definition) is 5. The summed E-state index contributed by atoms with van der Waals surface area (Å²) in [6, 6.07) is 13.4. The Morgan fingerprint density at radius 3 is 2.69 bits per heavy atom. The molecule has 0 bridgehead atoms. The van der Waals surface area contributed by atoms with Gasteiger partial charge in [0, 0.05) is 17.7 Å². The average molecular weight is 415 g/mol. The van der Waals surface area contributed by atoms with Gasteiger partial charge in [0.15, 0.2) is 0 Å². The number of nitrogens with zero attached hydrogens (tertiary/aromatic N) is 1. The van der Waals surface area contributed by atoms with Crippen molar-refractivity contribution in [3.05, 3.63) is 42.0 Å². The van der Waals surface area contributed by atoms with Gasteiger partial charge in [0.05, 0.1) is 25.0 Å². The van der Waals surface area contributed by atoms with Crippen LogP contribution in [0.1, 0.15) is 50.2 Å². The van der Waals surface area contributed by atoms with Crippen LogP contribution in [0.5, 0.6) is 11.5 Å². The van der Waals surface area contributed by atoms with Gasteiger partial charge >= 0.3 is 0 Å². The molecule has 1 N–H and O–H groups in total. The molecule has 1 unspecified atom stereocenters. The van der Waals surface area contributed by atoms with Gasteiger partial charge in [0.2, 0.25) is 10.0 Å². The molecular weight excluding hydrogens is 388 g/mol. The molecule has 0 fully saturated rings. The minimum Gasteiger partial charge on any atom is -0.496 e. The molecule has 6 nitrogen and oxygen atoms in total. The number of benzene rings is 2. The van der Waals surface area contributed by atoms with Crippen LogP contribution in [0.3, 0.4) is 0 Å². The van der Waals surface area contributed by atoms with Gasteiger partial charge in [-0.05, 0) is 49.1 Å². The van der Waals surface area contributed by atoms with Gasteiger partial charge in [-0.15, -0.1) is 0 Å². The molecule has 2 aromatic carbocycles. The first kappa shape index (κ1) is 21.0. The normalized spacial score (nSPS) is 14.9. The van der Waals surface area contributed by atoms with Crippen molar-refractivity contribution in [3.63, 3.8) is 0 Å². The van der Waals surface area contributed by atoms with E-state index >= 15 is 0 Å². The topological polar surface area (TPSA) is 88.4 Å². The summed E-state index contributed by atoms with van der Waals surface area (Å²) in [5, 5.41) is 8.65. The number of rotatable bonds is 9. The Bertz CT molecular complexity index is 1010. The number of ether oxygens (including phenoxy) is 2. The number of nitriles is 1. The van der Waals surface area contributed by atoms with Crippen LogP contribution < -0.4 is 14.2 Å². The average Bonchev–Trinajstić information content (AvgIpc) is 2.68. The molecule has 1 aliphatic heterocycles. The van der Waals surface area contributed by atoms with Gasteiger partial charge in [-0.1, -0.05) is 25.0 Å². The van der Waals surface area contributed by atoms with E-state index in [0.717, 1.165) is 66.5 Å². The first-order valence-corrected chi connectivity index (χ1v) is 11.6. The largest absolute Gasteiger partial charge is 0.496 e. The predicted octanol–water partition coefficient (Wildman–Crippen LogP) is 5.03. The zero-order valence-corrected chi connectivity index (χ0v) is 17.6. The molecule has 1 heterocycles. The third-order valence-electron chi connectivity index (χ3n) is 4.95. The van der Waals surface area contributed by atoms with Crippen LogP contribution in [-0.2, 0) is 10.0 Å². The maximum absolute atomic E-state index is 11.7. The number of fused-ring (bicyclic) bond motifs is 3. The number of methoxy groups -OCH3 is 1. The Morgan fingerprint density at radius 1 is 1.17 bits per heavy atom. The molecule has 0 aliphatic carbocycles. The first-order chi connectivity index (χ1) is 13.9. The second-order valence-electron chi connectivity index (χ2n) is 7.23. The van der Waals surface area contributed by atoms with Crippen LogP contribution in [0.25, 0.3) is 11.1 Å². The Balaban J connectivity index is 1.89. The van der Waals surface area contributed by atoms with E-state index in [0.29, 0.717) is 12.1 Å². The van der Waals surface area contributed by atoms with Gasteiger partial charge in [0.25, 0.3) is 0 Å². The van der Waals surface area contributed by atoms with Gasteiger partial charge in [-0.25, -0.2) is 8.42 Å². The summed E-state index contributed by atoms with van der Waals surface area (Å²) in [5.41, 5.74) is 3.36. The summed E-state index contributed by atoms with van der Waals surface area (Å²) in [4.78, 5) is 0. The van der Waals surface area contributed by atoms with Crippen LogP contribution in [-0.4, -0.2) is 21.8 Å². The summed E-state index contributed by atoms with van der Waals surface area (Å²) < 4.78 is 37.7. The first-order valence-electron chi connectivity index (χ1n) is 9.75. The van der Waals surface area contributed by atoms with Crippen molar-refractivity contribution < 1.29 is 17.9 Å². The third-order valence-corrected chi connectivity index (χ3v) is 5.56. The van der Waals surface area contributed by atoms with E-state index in [1.807, 2.05) is 30.3 Å². The summed E-state index contributed by atoms with van der Waals surface area (Å²) in [6.45, 7) is 0. The second kappa shape index (κ2) is 9.19. The molecule has 1 aliphatic rings. The fourth-order valence-corrected chi connectivity index (χ4v) is 4.25. The minimum absolute atomic E-state index is 0.165.